The van der Waals surface area contributed by atoms with Crippen molar-refractivity contribution < 1.29 is 4.52 Å². The molecule has 0 saturated heterocycles. The lowest BCUT2D eigenvalue weighted by molar-refractivity contribution is 0.346. The van der Waals surface area contributed by atoms with Crippen molar-refractivity contribution in [1.82, 2.24) is 10.1 Å². The zero-order valence-electron chi connectivity index (χ0n) is 10.7. The van der Waals surface area contributed by atoms with Crippen LogP contribution in [0.5, 0.6) is 0 Å². The Morgan fingerprint density at radius 2 is 2.00 bits per heavy atom. The second kappa shape index (κ2) is 5.63. The molecular weight excluding hydrogens is 214 g/mol. The molecule has 0 aliphatic heterocycles. The van der Waals surface area contributed by atoms with E-state index in [-0.39, 0.29) is 5.54 Å². The molecule has 2 rings (SSSR count). The number of unbranched alkanes of at least 4 members (excludes halogenated alkanes) is 3. The minimum atomic E-state index is -0.314. The van der Waals surface area contributed by atoms with Crippen LogP contribution in [0.15, 0.2) is 4.52 Å². The number of hydrogen-bond acceptors (Lipinski definition) is 4. The summed E-state index contributed by atoms with van der Waals surface area (Å²) in [4.78, 5) is 4.46. The predicted molar refractivity (Wildman–Crippen MR) is 66.5 cm³/mol. The summed E-state index contributed by atoms with van der Waals surface area (Å²) in [6.45, 7) is 2.21. The molecule has 1 aromatic rings. The van der Waals surface area contributed by atoms with Crippen LogP contribution in [0.25, 0.3) is 0 Å². The van der Waals surface area contributed by atoms with E-state index in [1.165, 1.54) is 32.1 Å². The lowest BCUT2D eigenvalue weighted by Gasteiger charge is -2.17. The average Bonchev–Trinajstić information content (AvgIpc) is 2.94. The molecule has 0 amide bonds. The molecule has 0 unspecified atom stereocenters. The van der Waals surface area contributed by atoms with E-state index in [9.17, 15) is 0 Å². The second-order valence-corrected chi connectivity index (χ2v) is 5.19. The van der Waals surface area contributed by atoms with Crippen molar-refractivity contribution in [1.29, 1.82) is 0 Å². The number of nitrogens with two attached hydrogens (primary N) is 1. The number of hydrogen-bond donors (Lipinski definition) is 1. The van der Waals surface area contributed by atoms with Crippen LogP contribution in [0.1, 0.15) is 70.0 Å². The molecule has 1 aliphatic carbocycles. The van der Waals surface area contributed by atoms with E-state index < -0.39 is 0 Å². The first kappa shape index (κ1) is 12.6. The van der Waals surface area contributed by atoms with Crippen molar-refractivity contribution >= 4 is 0 Å². The van der Waals surface area contributed by atoms with E-state index in [1.54, 1.807) is 0 Å². The first-order valence-electron chi connectivity index (χ1n) is 6.86. The number of aromatic nitrogens is 2. The molecule has 1 aliphatic rings. The SMILES string of the molecule is CCCCCCc1nc(C2(N)CCCC2)no1. The summed E-state index contributed by atoms with van der Waals surface area (Å²) in [5.41, 5.74) is 5.97. The summed E-state index contributed by atoms with van der Waals surface area (Å²) in [5.74, 6) is 1.48. The van der Waals surface area contributed by atoms with Gasteiger partial charge in [0.2, 0.25) is 5.89 Å². The second-order valence-electron chi connectivity index (χ2n) is 5.19. The third-order valence-corrected chi connectivity index (χ3v) is 3.65. The Morgan fingerprint density at radius 3 is 2.71 bits per heavy atom. The third kappa shape index (κ3) is 3.06. The monoisotopic (exact) mass is 237 g/mol. The van der Waals surface area contributed by atoms with Crippen LogP contribution in [0, 0.1) is 0 Å². The number of rotatable bonds is 6. The largest absolute Gasteiger partial charge is 0.339 e. The summed E-state index contributed by atoms with van der Waals surface area (Å²) in [6, 6.07) is 0. The van der Waals surface area contributed by atoms with Crippen molar-refractivity contribution in [3.63, 3.8) is 0 Å². The van der Waals surface area contributed by atoms with Crippen LogP contribution < -0.4 is 5.73 Å². The molecule has 1 heterocycles. The molecule has 1 fully saturated rings. The maximum atomic E-state index is 6.29. The van der Waals surface area contributed by atoms with Crippen LogP contribution in [0.3, 0.4) is 0 Å². The van der Waals surface area contributed by atoms with E-state index in [4.69, 9.17) is 10.3 Å². The molecule has 4 nitrogen and oxygen atoms in total. The Morgan fingerprint density at radius 1 is 1.24 bits per heavy atom. The van der Waals surface area contributed by atoms with Crippen LogP contribution in [-0.2, 0) is 12.0 Å². The van der Waals surface area contributed by atoms with Crippen molar-refractivity contribution in [2.24, 2.45) is 5.73 Å². The standard InChI is InChI=1S/C13H23N3O/c1-2-3-4-5-8-11-15-12(16-17-11)13(14)9-6-7-10-13/h2-10,14H2,1H3. The fraction of sp³-hybridized carbons (Fsp3) is 0.846. The molecular formula is C13H23N3O. The van der Waals surface area contributed by atoms with Gasteiger partial charge in [-0.25, -0.2) is 0 Å². The topological polar surface area (TPSA) is 64.9 Å². The summed E-state index contributed by atoms with van der Waals surface area (Å²) in [5, 5.41) is 4.06. The molecule has 4 heteroatoms. The first-order valence-corrected chi connectivity index (χ1v) is 6.86. The van der Waals surface area contributed by atoms with Crippen molar-refractivity contribution in [2.75, 3.05) is 0 Å². The predicted octanol–water partition coefficient (Wildman–Crippen LogP) is 2.92. The molecule has 96 valence electrons. The van der Waals surface area contributed by atoms with Crippen molar-refractivity contribution in [3.05, 3.63) is 11.7 Å². The highest BCUT2D eigenvalue weighted by Gasteiger charge is 2.35. The van der Waals surface area contributed by atoms with Gasteiger partial charge in [-0.1, -0.05) is 44.2 Å². The van der Waals surface area contributed by atoms with Gasteiger partial charge in [-0.2, -0.15) is 4.98 Å². The highest BCUT2D eigenvalue weighted by Crippen LogP contribution is 2.34. The van der Waals surface area contributed by atoms with Crippen molar-refractivity contribution in [2.45, 2.75) is 70.3 Å². The minimum Gasteiger partial charge on any atom is -0.339 e. The summed E-state index contributed by atoms with van der Waals surface area (Å²) >= 11 is 0. The number of nitrogens with zero attached hydrogens (tertiary/aromatic N) is 2. The Bertz CT molecular complexity index is 342. The zero-order valence-corrected chi connectivity index (χ0v) is 10.7. The maximum Gasteiger partial charge on any atom is 0.226 e. The first-order chi connectivity index (χ1) is 8.24. The molecule has 17 heavy (non-hydrogen) atoms. The van der Waals surface area contributed by atoms with Crippen LogP contribution >= 0.6 is 0 Å². The minimum absolute atomic E-state index is 0.314. The van der Waals surface area contributed by atoms with Crippen molar-refractivity contribution in [3.8, 4) is 0 Å². The molecule has 0 spiro atoms. The van der Waals surface area contributed by atoms with E-state index in [2.05, 4.69) is 17.1 Å². The van der Waals surface area contributed by atoms with Gasteiger partial charge in [-0.3, -0.25) is 0 Å². The smallest absolute Gasteiger partial charge is 0.226 e. The van der Waals surface area contributed by atoms with Crippen LogP contribution in [0.4, 0.5) is 0 Å². The Labute approximate surface area is 103 Å². The van der Waals surface area contributed by atoms with E-state index >= 15 is 0 Å². The van der Waals surface area contributed by atoms with Gasteiger partial charge in [0, 0.05) is 6.42 Å². The lowest BCUT2D eigenvalue weighted by atomic mass is 9.99. The third-order valence-electron chi connectivity index (χ3n) is 3.65. The fourth-order valence-corrected chi connectivity index (χ4v) is 2.49. The summed E-state index contributed by atoms with van der Waals surface area (Å²) in [7, 11) is 0. The Hall–Kier alpha value is -0.900. The molecule has 0 radical (unpaired) electrons. The summed E-state index contributed by atoms with van der Waals surface area (Å²) < 4.78 is 5.28. The zero-order chi connectivity index (χ0) is 12.1. The van der Waals surface area contributed by atoms with Crippen LogP contribution in [0.2, 0.25) is 0 Å². The van der Waals surface area contributed by atoms with E-state index in [0.29, 0.717) is 0 Å². The highest BCUT2D eigenvalue weighted by molar-refractivity contribution is 5.06. The average molecular weight is 237 g/mol. The molecule has 0 atom stereocenters. The molecule has 0 aromatic carbocycles. The van der Waals surface area contributed by atoms with Gasteiger partial charge >= 0.3 is 0 Å². The maximum absolute atomic E-state index is 6.29. The van der Waals surface area contributed by atoms with Gasteiger partial charge in [0.1, 0.15) is 0 Å². The Balaban J connectivity index is 1.87. The molecule has 1 saturated carbocycles. The normalized spacial score (nSPS) is 18.7. The van der Waals surface area contributed by atoms with Gasteiger partial charge in [0.25, 0.3) is 0 Å². The number of aryl methyl sites for hydroxylation is 1. The van der Waals surface area contributed by atoms with E-state index in [0.717, 1.165) is 37.4 Å². The lowest BCUT2D eigenvalue weighted by Crippen LogP contribution is -2.34. The highest BCUT2D eigenvalue weighted by atomic mass is 16.5. The molecule has 1 aromatic heterocycles. The van der Waals surface area contributed by atoms with Gasteiger partial charge in [-0.15, -0.1) is 0 Å². The van der Waals surface area contributed by atoms with Gasteiger partial charge in [0.15, 0.2) is 5.82 Å². The fourth-order valence-electron chi connectivity index (χ4n) is 2.49. The van der Waals surface area contributed by atoms with Crippen LogP contribution in [-0.4, -0.2) is 10.1 Å². The Kier molecular flexibility index (Phi) is 4.15. The van der Waals surface area contributed by atoms with Gasteiger partial charge in [0.05, 0.1) is 5.54 Å². The van der Waals surface area contributed by atoms with Gasteiger partial charge < -0.3 is 10.3 Å². The molecule has 0 bridgehead atoms. The summed E-state index contributed by atoms with van der Waals surface area (Å²) in [6.07, 6.45) is 10.1. The quantitative estimate of drug-likeness (QED) is 0.772. The van der Waals surface area contributed by atoms with E-state index in [1.807, 2.05) is 0 Å². The molecule has 2 N–H and O–H groups in total. The van der Waals surface area contributed by atoms with Gasteiger partial charge in [-0.05, 0) is 19.3 Å².